The summed E-state index contributed by atoms with van der Waals surface area (Å²) in [6, 6.07) is 6.00. The minimum atomic E-state index is -0.255. The lowest BCUT2D eigenvalue weighted by atomic mass is 9.93. The van der Waals surface area contributed by atoms with E-state index in [0.29, 0.717) is 48.5 Å². The van der Waals surface area contributed by atoms with Crippen LogP contribution < -0.4 is 5.32 Å². The van der Waals surface area contributed by atoms with Crippen LogP contribution in [0.2, 0.25) is 0 Å². The molecule has 4 rings (SSSR count). The third kappa shape index (κ3) is 2.81. The molecule has 0 atom stereocenters. The number of rotatable bonds is 4. The minimum absolute atomic E-state index is 0.000935. The fourth-order valence-corrected chi connectivity index (χ4v) is 3.61. The van der Waals surface area contributed by atoms with Gasteiger partial charge < -0.3 is 14.7 Å². The van der Waals surface area contributed by atoms with E-state index in [1.165, 1.54) is 0 Å². The molecule has 26 heavy (non-hydrogen) atoms. The number of aromatic nitrogens is 2. The molecule has 134 valence electrons. The highest BCUT2D eigenvalue weighted by Gasteiger charge is 2.30. The number of nitrogens with zero attached hydrogens (tertiary/aromatic N) is 1. The minimum Gasteiger partial charge on any atom is -0.465 e. The maximum absolute atomic E-state index is 12.6. The number of para-hydroxylation sites is 1. The fraction of sp³-hybridized carbons (Fsp3) is 0.350. The summed E-state index contributed by atoms with van der Waals surface area (Å²) in [6.45, 7) is 4.20. The second-order valence-electron chi connectivity index (χ2n) is 6.77. The summed E-state index contributed by atoms with van der Waals surface area (Å²) in [7, 11) is 0. The Morgan fingerprint density at radius 3 is 2.96 bits per heavy atom. The average molecular weight is 351 g/mol. The monoisotopic (exact) mass is 351 g/mol. The lowest BCUT2D eigenvalue weighted by Crippen LogP contribution is -2.28. The van der Waals surface area contributed by atoms with E-state index in [1.54, 1.807) is 6.92 Å². The second-order valence-corrected chi connectivity index (χ2v) is 6.77. The summed E-state index contributed by atoms with van der Waals surface area (Å²) in [6.07, 6.45) is 2.57. The van der Waals surface area contributed by atoms with Gasteiger partial charge in [-0.2, -0.15) is 0 Å². The molecule has 0 spiro atoms. The summed E-state index contributed by atoms with van der Waals surface area (Å²) < 4.78 is 5.65. The number of imidazole rings is 1. The summed E-state index contributed by atoms with van der Waals surface area (Å²) in [4.78, 5) is 32.7. The zero-order valence-corrected chi connectivity index (χ0v) is 14.9. The van der Waals surface area contributed by atoms with Crippen LogP contribution in [0.1, 0.15) is 56.5 Å². The Morgan fingerprint density at radius 2 is 2.15 bits per heavy atom. The third-order valence-corrected chi connectivity index (χ3v) is 4.88. The predicted octanol–water partition coefficient (Wildman–Crippen LogP) is 3.26. The van der Waals surface area contributed by atoms with Crippen LogP contribution in [-0.4, -0.2) is 28.2 Å². The Morgan fingerprint density at radius 1 is 1.31 bits per heavy atom. The Hall–Kier alpha value is -2.89. The largest absolute Gasteiger partial charge is 0.465 e. The highest BCUT2D eigenvalue weighted by molar-refractivity contribution is 6.10. The molecule has 0 unspecified atom stereocenters. The van der Waals surface area contributed by atoms with Crippen LogP contribution in [0.15, 0.2) is 22.6 Å². The number of aryl methyl sites for hydroxylation is 3. The molecule has 2 heterocycles. The van der Waals surface area contributed by atoms with E-state index >= 15 is 0 Å². The highest BCUT2D eigenvalue weighted by atomic mass is 16.3. The maximum Gasteiger partial charge on any atom is 0.255 e. The molecular weight excluding hydrogens is 330 g/mol. The summed E-state index contributed by atoms with van der Waals surface area (Å²) in [5.41, 5.74) is 3.94. The molecule has 1 aliphatic rings. The second kappa shape index (κ2) is 6.44. The maximum atomic E-state index is 12.6. The van der Waals surface area contributed by atoms with Gasteiger partial charge in [0.1, 0.15) is 17.3 Å². The number of Topliss-reactive ketones (excluding diaryl/α,β-unsaturated/α-hetero) is 1. The number of H-pyrrole nitrogens is 1. The van der Waals surface area contributed by atoms with Crippen LogP contribution in [0.3, 0.4) is 0 Å². The molecule has 2 aromatic heterocycles. The molecule has 6 nitrogen and oxygen atoms in total. The van der Waals surface area contributed by atoms with E-state index in [9.17, 15) is 9.59 Å². The molecule has 1 aromatic carbocycles. The summed E-state index contributed by atoms with van der Waals surface area (Å²) >= 11 is 0. The number of nitrogens with one attached hydrogen (secondary N) is 2. The number of hydrogen-bond acceptors (Lipinski definition) is 4. The first-order valence-electron chi connectivity index (χ1n) is 8.92. The van der Waals surface area contributed by atoms with Gasteiger partial charge in [0.05, 0.1) is 22.2 Å². The standard InChI is InChI=1S/C20H21N3O3/c1-11-5-3-6-13-19(11)23-16(22-13)9-10-21-20(25)17-12(2)26-15-8-4-7-14(24)18(15)17/h3,5-6H,4,7-10H2,1-2H3,(H,21,25)(H,22,23). The fourth-order valence-electron chi connectivity index (χ4n) is 3.61. The van der Waals surface area contributed by atoms with Gasteiger partial charge in [-0.25, -0.2) is 4.98 Å². The first-order chi connectivity index (χ1) is 12.5. The number of carbonyl (C=O) groups excluding carboxylic acids is 2. The van der Waals surface area contributed by atoms with Gasteiger partial charge in [-0.1, -0.05) is 12.1 Å². The average Bonchev–Trinajstić information content (AvgIpc) is 3.16. The first-order valence-corrected chi connectivity index (χ1v) is 8.92. The van der Waals surface area contributed by atoms with E-state index < -0.39 is 0 Å². The van der Waals surface area contributed by atoms with Crippen molar-refractivity contribution in [2.75, 3.05) is 6.54 Å². The molecule has 0 aliphatic heterocycles. The molecule has 6 heteroatoms. The van der Waals surface area contributed by atoms with Crippen molar-refractivity contribution in [2.45, 2.75) is 39.5 Å². The van der Waals surface area contributed by atoms with Crippen LogP contribution >= 0.6 is 0 Å². The molecule has 0 fully saturated rings. The van der Waals surface area contributed by atoms with Crippen molar-refractivity contribution in [3.05, 3.63) is 52.2 Å². The molecule has 0 saturated carbocycles. The van der Waals surface area contributed by atoms with Gasteiger partial charge in [-0.05, 0) is 31.9 Å². The Labute approximate surface area is 151 Å². The number of furan rings is 1. The van der Waals surface area contributed by atoms with Crippen molar-refractivity contribution in [3.63, 3.8) is 0 Å². The number of amides is 1. The van der Waals surface area contributed by atoms with Crippen LogP contribution in [0.25, 0.3) is 11.0 Å². The molecule has 2 N–H and O–H groups in total. The highest BCUT2D eigenvalue weighted by Crippen LogP contribution is 2.29. The van der Waals surface area contributed by atoms with Gasteiger partial charge in [0.25, 0.3) is 5.91 Å². The third-order valence-electron chi connectivity index (χ3n) is 4.88. The Bertz CT molecular complexity index is 1010. The number of aromatic amines is 1. The quantitative estimate of drug-likeness (QED) is 0.755. The zero-order chi connectivity index (χ0) is 18.3. The van der Waals surface area contributed by atoms with E-state index in [2.05, 4.69) is 15.3 Å². The van der Waals surface area contributed by atoms with Gasteiger partial charge in [-0.15, -0.1) is 0 Å². The van der Waals surface area contributed by atoms with Gasteiger partial charge in [-0.3, -0.25) is 9.59 Å². The lowest BCUT2D eigenvalue weighted by Gasteiger charge is -2.10. The zero-order valence-electron chi connectivity index (χ0n) is 14.9. The van der Waals surface area contributed by atoms with Crippen LogP contribution in [0.4, 0.5) is 0 Å². The number of fused-ring (bicyclic) bond motifs is 2. The smallest absolute Gasteiger partial charge is 0.255 e. The molecule has 3 aromatic rings. The lowest BCUT2D eigenvalue weighted by molar-refractivity contribution is 0.0927. The summed E-state index contributed by atoms with van der Waals surface area (Å²) in [5.74, 6) is 1.74. The van der Waals surface area contributed by atoms with Crippen molar-refractivity contribution < 1.29 is 14.0 Å². The van der Waals surface area contributed by atoms with Gasteiger partial charge in [0, 0.05) is 25.8 Å². The van der Waals surface area contributed by atoms with Crippen LogP contribution in [-0.2, 0) is 12.8 Å². The van der Waals surface area contributed by atoms with Crippen molar-refractivity contribution in [3.8, 4) is 0 Å². The number of hydrogen-bond donors (Lipinski definition) is 2. The van der Waals surface area contributed by atoms with Gasteiger partial charge in [0.15, 0.2) is 5.78 Å². The Kier molecular flexibility index (Phi) is 4.11. The van der Waals surface area contributed by atoms with E-state index in [1.807, 2.05) is 25.1 Å². The first kappa shape index (κ1) is 16.6. The molecule has 1 aliphatic carbocycles. The molecular formula is C20H21N3O3. The predicted molar refractivity (Wildman–Crippen MR) is 97.6 cm³/mol. The molecule has 0 radical (unpaired) electrons. The van der Waals surface area contributed by atoms with Crippen molar-refractivity contribution in [1.82, 2.24) is 15.3 Å². The van der Waals surface area contributed by atoms with Crippen LogP contribution in [0, 0.1) is 13.8 Å². The van der Waals surface area contributed by atoms with E-state index in [0.717, 1.165) is 28.8 Å². The number of carbonyl (C=O) groups is 2. The molecule has 1 amide bonds. The summed E-state index contributed by atoms with van der Waals surface area (Å²) in [5, 5.41) is 2.89. The van der Waals surface area contributed by atoms with Gasteiger partial charge in [0.2, 0.25) is 0 Å². The van der Waals surface area contributed by atoms with Crippen molar-refractivity contribution >= 4 is 22.7 Å². The normalized spacial score (nSPS) is 13.8. The van der Waals surface area contributed by atoms with Crippen molar-refractivity contribution in [2.24, 2.45) is 0 Å². The Balaban J connectivity index is 1.47. The topological polar surface area (TPSA) is 88.0 Å². The number of ketones is 1. The van der Waals surface area contributed by atoms with E-state index in [-0.39, 0.29) is 11.7 Å². The van der Waals surface area contributed by atoms with Gasteiger partial charge >= 0.3 is 0 Å². The number of benzene rings is 1. The molecule has 0 saturated heterocycles. The van der Waals surface area contributed by atoms with Crippen LogP contribution in [0.5, 0.6) is 0 Å². The molecule has 0 bridgehead atoms. The SMILES string of the molecule is Cc1oc2c(c1C(=O)NCCc1nc3c(C)cccc3[nH]1)C(=O)CCC2. The van der Waals surface area contributed by atoms with Crippen molar-refractivity contribution in [1.29, 1.82) is 0 Å². The van der Waals surface area contributed by atoms with E-state index in [4.69, 9.17) is 4.42 Å².